The Morgan fingerprint density at radius 1 is 1.34 bits per heavy atom. The van der Waals surface area contributed by atoms with Crippen LogP contribution < -0.4 is 10.1 Å². The molecule has 2 aromatic heterocycles. The number of thioether (sulfide) groups is 1. The summed E-state index contributed by atoms with van der Waals surface area (Å²) >= 11 is 2.80. The van der Waals surface area contributed by atoms with Gasteiger partial charge in [-0.25, -0.2) is 4.98 Å². The van der Waals surface area contributed by atoms with Gasteiger partial charge in [0.05, 0.1) is 12.4 Å². The maximum Gasteiger partial charge on any atom is 0.239 e. The number of hydrogen-bond acceptors (Lipinski definition) is 7. The van der Waals surface area contributed by atoms with Crippen LogP contribution in [0, 0.1) is 6.92 Å². The zero-order valence-electron chi connectivity index (χ0n) is 17.0. The van der Waals surface area contributed by atoms with E-state index in [1.54, 1.807) is 13.3 Å². The van der Waals surface area contributed by atoms with E-state index in [0.717, 1.165) is 41.6 Å². The Labute approximate surface area is 178 Å². The Bertz CT molecular complexity index is 956. The SMILES string of the molecule is COc1ccc(CCCc2nnc(SC(C)C(=O)Nc3nccs3)n2C)cc1C. The maximum absolute atomic E-state index is 12.3. The lowest BCUT2D eigenvalue weighted by Gasteiger charge is -2.10. The molecular formula is C20H25N5O2S2. The molecule has 7 nitrogen and oxygen atoms in total. The minimum atomic E-state index is -0.295. The largest absolute Gasteiger partial charge is 0.496 e. The highest BCUT2D eigenvalue weighted by Gasteiger charge is 2.19. The van der Waals surface area contributed by atoms with Crippen molar-refractivity contribution >= 4 is 34.1 Å². The first-order valence-electron chi connectivity index (χ1n) is 9.36. The lowest BCUT2D eigenvalue weighted by Crippen LogP contribution is -2.22. The smallest absolute Gasteiger partial charge is 0.239 e. The van der Waals surface area contributed by atoms with Gasteiger partial charge in [-0.1, -0.05) is 23.9 Å². The predicted molar refractivity (Wildman–Crippen MR) is 117 cm³/mol. The van der Waals surface area contributed by atoms with E-state index in [0.29, 0.717) is 5.13 Å². The van der Waals surface area contributed by atoms with Crippen LogP contribution in [0.2, 0.25) is 0 Å². The van der Waals surface area contributed by atoms with E-state index in [1.165, 1.54) is 28.7 Å². The number of ether oxygens (including phenoxy) is 1. The number of carbonyl (C=O) groups excluding carboxylic acids is 1. The molecule has 1 unspecified atom stereocenters. The minimum absolute atomic E-state index is 0.0932. The minimum Gasteiger partial charge on any atom is -0.496 e. The molecule has 0 aliphatic carbocycles. The first-order valence-corrected chi connectivity index (χ1v) is 11.1. The topological polar surface area (TPSA) is 81.9 Å². The van der Waals surface area contributed by atoms with Crippen molar-refractivity contribution in [3.05, 3.63) is 46.7 Å². The Kier molecular flexibility index (Phi) is 7.27. The average Bonchev–Trinajstić information content (AvgIpc) is 3.33. The van der Waals surface area contributed by atoms with Crippen LogP contribution in [0.15, 0.2) is 34.9 Å². The van der Waals surface area contributed by atoms with Gasteiger partial charge in [-0.05, 0) is 43.9 Å². The molecule has 3 aromatic rings. The van der Waals surface area contributed by atoms with Gasteiger partial charge >= 0.3 is 0 Å². The average molecular weight is 432 g/mol. The second-order valence-electron chi connectivity index (χ2n) is 6.70. The fraction of sp³-hybridized carbons (Fsp3) is 0.400. The molecule has 1 aromatic carbocycles. The molecule has 0 aliphatic heterocycles. The summed E-state index contributed by atoms with van der Waals surface area (Å²) in [7, 11) is 3.63. The Morgan fingerprint density at radius 2 is 2.17 bits per heavy atom. The van der Waals surface area contributed by atoms with Crippen LogP contribution in [0.1, 0.15) is 30.3 Å². The Balaban J connectivity index is 1.52. The van der Waals surface area contributed by atoms with Crippen LogP contribution in [-0.4, -0.2) is 38.0 Å². The van der Waals surface area contributed by atoms with Gasteiger partial charge in [0.25, 0.3) is 0 Å². The number of aryl methyl sites for hydroxylation is 3. The number of anilines is 1. The van der Waals surface area contributed by atoms with E-state index in [9.17, 15) is 4.79 Å². The molecule has 0 fully saturated rings. The van der Waals surface area contributed by atoms with Gasteiger partial charge in [-0.3, -0.25) is 4.79 Å². The second kappa shape index (κ2) is 9.89. The van der Waals surface area contributed by atoms with Crippen LogP contribution in [0.3, 0.4) is 0 Å². The van der Waals surface area contributed by atoms with Crippen LogP contribution in [0.25, 0.3) is 0 Å². The van der Waals surface area contributed by atoms with E-state index in [4.69, 9.17) is 4.74 Å². The molecule has 0 aliphatic rings. The molecule has 154 valence electrons. The van der Waals surface area contributed by atoms with Gasteiger partial charge in [0, 0.05) is 25.0 Å². The molecule has 0 bridgehead atoms. The first kappa shape index (κ1) is 21.3. The van der Waals surface area contributed by atoms with Crippen molar-refractivity contribution in [3.8, 4) is 5.75 Å². The number of hydrogen-bond donors (Lipinski definition) is 1. The third-order valence-electron chi connectivity index (χ3n) is 4.56. The Hall–Kier alpha value is -2.39. The summed E-state index contributed by atoms with van der Waals surface area (Å²) in [5.74, 6) is 1.74. The molecule has 1 amide bonds. The van der Waals surface area contributed by atoms with Gasteiger partial charge in [0.15, 0.2) is 10.3 Å². The molecule has 0 saturated heterocycles. The number of nitrogens with zero attached hydrogens (tertiary/aromatic N) is 4. The highest BCUT2D eigenvalue weighted by Crippen LogP contribution is 2.24. The van der Waals surface area contributed by atoms with Crippen molar-refractivity contribution < 1.29 is 9.53 Å². The lowest BCUT2D eigenvalue weighted by molar-refractivity contribution is -0.115. The molecule has 0 radical (unpaired) electrons. The Morgan fingerprint density at radius 3 is 2.86 bits per heavy atom. The third-order valence-corrected chi connectivity index (χ3v) is 6.39. The number of amides is 1. The number of benzene rings is 1. The molecular weight excluding hydrogens is 406 g/mol. The van der Waals surface area contributed by atoms with Crippen LogP contribution in [0.4, 0.5) is 5.13 Å². The molecule has 0 saturated carbocycles. The van der Waals surface area contributed by atoms with Crippen LogP contribution in [-0.2, 0) is 24.7 Å². The van der Waals surface area contributed by atoms with Crippen LogP contribution in [0.5, 0.6) is 5.75 Å². The van der Waals surface area contributed by atoms with Crippen molar-refractivity contribution in [2.75, 3.05) is 12.4 Å². The number of nitrogens with one attached hydrogen (secondary N) is 1. The van der Waals surface area contributed by atoms with E-state index < -0.39 is 0 Å². The molecule has 9 heteroatoms. The van der Waals surface area contributed by atoms with Crippen molar-refractivity contribution in [2.45, 2.75) is 43.5 Å². The normalized spacial score (nSPS) is 12.0. The predicted octanol–water partition coefficient (Wildman–Crippen LogP) is 3.88. The summed E-state index contributed by atoms with van der Waals surface area (Å²) in [6.45, 7) is 3.91. The summed E-state index contributed by atoms with van der Waals surface area (Å²) in [4.78, 5) is 16.4. The molecule has 1 N–H and O–H groups in total. The van der Waals surface area contributed by atoms with E-state index in [1.807, 2.05) is 30.0 Å². The van der Waals surface area contributed by atoms with E-state index in [-0.39, 0.29) is 11.2 Å². The van der Waals surface area contributed by atoms with Crippen molar-refractivity contribution in [1.29, 1.82) is 0 Å². The monoisotopic (exact) mass is 431 g/mol. The quantitative estimate of drug-likeness (QED) is 0.518. The zero-order chi connectivity index (χ0) is 20.8. The fourth-order valence-corrected chi connectivity index (χ4v) is 4.28. The summed E-state index contributed by atoms with van der Waals surface area (Å²) in [5.41, 5.74) is 2.43. The van der Waals surface area contributed by atoms with Crippen molar-refractivity contribution in [2.24, 2.45) is 7.05 Å². The number of aromatic nitrogens is 4. The summed E-state index contributed by atoms with van der Waals surface area (Å²) in [6.07, 6.45) is 4.43. The van der Waals surface area contributed by atoms with E-state index in [2.05, 4.69) is 39.6 Å². The molecule has 1 atom stereocenters. The fourth-order valence-electron chi connectivity index (χ4n) is 2.92. The summed E-state index contributed by atoms with van der Waals surface area (Å²) in [6, 6.07) is 6.28. The highest BCUT2D eigenvalue weighted by molar-refractivity contribution is 8.00. The van der Waals surface area contributed by atoms with Gasteiger partial charge in [0.1, 0.15) is 11.6 Å². The highest BCUT2D eigenvalue weighted by atomic mass is 32.2. The van der Waals surface area contributed by atoms with Gasteiger partial charge in [0.2, 0.25) is 5.91 Å². The third kappa shape index (κ3) is 5.57. The van der Waals surface area contributed by atoms with Gasteiger partial charge in [-0.15, -0.1) is 21.5 Å². The standard InChI is InChI=1S/C20H25N5O2S2/c1-13-12-15(8-9-16(13)27-4)6-5-7-17-23-24-20(25(17)3)29-14(2)18(26)22-19-21-10-11-28-19/h8-12,14H,5-7H2,1-4H3,(H,21,22,26). The maximum atomic E-state index is 12.3. The van der Waals surface area contributed by atoms with E-state index >= 15 is 0 Å². The molecule has 29 heavy (non-hydrogen) atoms. The number of rotatable bonds is 9. The van der Waals surface area contributed by atoms with Crippen LogP contribution >= 0.6 is 23.1 Å². The number of methoxy groups -OCH3 is 1. The van der Waals surface area contributed by atoms with Crippen molar-refractivity contribution in [3.63, 3.8) is 0 Å². The van der Waals surface area contributed by atoms with Crippen molar-refractivity contribution in [1.82, 2.24) is 19.7 Å². The molecule has 3 rings (SSSR count). The lowest BCUT2D eigenvalue weighted by atomic mass is 10.0. The first-order chi connectivity index (χ1) is 14.0. The number of carbonyl (C=O) groups is 1. The molecule has 0 spiro atoms. The summed E-state index contributed by atoms with van der Waals surface area (Å²) in [5, 5.41) is 14.3. The summed E-state index contributed by atoms with van der Waals surface area (Å²) < 4.78 is 7.28. The zero-order valence-corrected chi connectivity index (χ0v) is 18.6. The number of thiazole rings is 1. The second-order valence-corrected chi connectivity index (χ2v) is 8.90. The van der Waals surface area contributed by atoms with Gasteiger partial charge < -0.3 is 14.6 Å². The molecule has 2 heterocycles. The van der Waals surface area contributed by atoms with Gasteiger partial charge in [-0.2, -0.15) is 0 Å².